The highest BCUT2D eigenvalue weighted by Crippen LogP contribution is 2.25. The molecule has 0 aliphatic carbocycles. The normalized spacial score (nSPS) is 10.4. The molecule has 1 N–H and O–H groups in total. The largest absolute Gasteiger partial charge is 0.478 e. The first-order valence-corrected chi connectivity index (χ1v) is 6.95. The summed E-state index contributed by atoms with van der Waals surface area (Å²) in [5.74, 6) is -1.10. The van der Waals surface area contributed by atoms with Crippen molar-refractivity contribution in [3.8, 4) is 23.0 Å². The highest BCUT2D eigenvalue weighted by molar-refractivity contribution is 5.87. The van der Waals surface area contributed by atoms with E-state index in [9.17, 15) is 14.4 Å². The maximum atomic E-state index is 13.4. The molecule has 7 heteroatoms. The number of rotatable bonds is 3. The van der Waals surface area contributed by atoms with Gasteiger partial charge in [0.05, 0.1) is 11.8 Å². The molecule has 3 aromatic rings. The van der Waals surface area contributed by atoms with Crippen molar-refractivity contribution in [2.75, 3.05) is 0 Å². The molecule has 0 aliphatic rings. The predicted octanol–water partition coefficient (Wildman–Crippen LogP) is 2.95. The third-order valence-corrected chi connectivity index (χ3v) is 3.52. The first-order valence-electron chi connectivity index (χ1n) is 6.95. The Hall–Kier alpha value is -3.53. The van der Waals surface area contributed by atoms with Gasteiger partial charge in [-0.15, -0.1) is 0 Å². The van der Waals surface area contributed by atoms with Crippen LogP contribution in [-0.4, -0.2) is 25.8 Å². The van der Waals surface area contributed by atoms with Crippen LogP contribution in [0.25, 0.3) is 16.9 Å². The second kappa shape index (κ2) is 5.93. The molecule has 0 aliphatic heterocycles. The van der Waals surface area contributed by atoms with E-state index in [1.165, 1.54) is 23.1 Å². The Balaban J connectivity index is 2.06. The third-order valence-electron chi connectivity index (χ3n) is 3.52. The van der Waals surface area contributed by atoms with E-state index in [-0.39, 0.29) is 17.1 Å². The lowest BCUT2D eigenvalue weighted by atomic mass is 10.0. The average Bonchev–Trinajstić information content (AvgIpc) is 3.07. The number of carboxylic acid groups (broad SMARTS) is 1. The second-order valence-corrected chi connectivity index (χ2v) is 5.12. The van der Waals surface area contributed by atoms with Crippen LogP contribution in [0.4, 0.5) is 4.39 Å². The van der Waals surface area contributed by atoms with Gasteiger partial charge in [0.25, 0.3) is 0 Å². The zero-order valence-electron chi connectivity index (χ0n) is 12.6. The molecule has 0 bridgehead atoms. The Labute approximate surface area is 136 Å². The minimum atomic E-state index is -1.10. The van der Waals surface area contributed by atoms with Gasteiger partial charge in [0, 0.05) is 11.8 Å². The van der Waals surface area contributed by atoms with E-state index in [2.05, 4.69) is 10.1 Å². The summed E-state index contributed by atoms with van der Waals surface area (Å²) >= 11 is 0. The molecular weight excluding hydrogens is 311 g/mol. The molecule has 6 nitrogen and oxygen atoms in total. The van der Waals surface area contributed by atoms with Gasteiger partial charge in [-0.2, -0.15) is 10.4 Å². The van der Waals surface area contributed by atoms with Crippen LogP contribution in [0.2, 0.25) is 0 Å². The number of hydrogen-bond acceptors (Lipinski definition) is 4. The molecule has 24 heavy (non-hydrogen) atoms. The maximum absolute atomic E-state index is 13.4. The van der Waals surface area contributed by atoms with Gasteiger partial charge in [-0.3, -0.25) is 0 Å². The van der Waals surface area contributed by atoms with Crippen molar-refractivity contribution in [2.24, 2.45) is 0 Å². The minimum Gasteiger partial charge on any atom is -0.478 e. The lowest BCUT2D eigenvalue weighted by molar-refractivity contribution is 0.0697. The maximum Gasteiger partial charge on any atom is 0.338 e. The molecule has 0 spiro atoms. The van der Waals surface area contributed by atoms with Gasteiger partial charge >= 0.3 is 5.97 Å². The van der Waals surface area contributed by atoms with Crippen LogP contribution in [0.1, 0.15) is 21.6 Å². The summed E-state index contributed by atoms with van der Waals surface area (Å²) in [6, 6.07) is 9.86. The first-order chi connectivity index (χ1) is 11.5. The molecule has 0 unspecified atom stereocenters. The molecule has 2 heterocycles. The summed E-state index contributed by atoms with van der Waals surface area (Å²) in [4.78, 5) is 15.1. The summed E-state index contributed by atoms with van der Waals surface area (Å²) in [7, 11) is 0. The molecule has 118 valence electrons. The number of halogens is 1. The predicted molar refractivity (Wildman–Crippen MR) is 83.2 cm³/mol. The fourth-order valence-corrected chi connectivity index (χ4v) is 2.27. The lowest BCUT2D eigenvalue weighted by Gasteiger charge is -2.08. The number of carboxylic acids is 1. The monoisotopic (exact) mass is 322 g/mol. The molecular formula is C17H11FN4O2. The zero-order valence-corrected chi connectivity index (χ0v) is 12.6. The van der Waals surface area contributed by atoms with Crippen molar-refractivity contribution >= 4 is 5.97 Å². The Morgan fingerprint density at radius 3 is 2.75 bits per heavy atom. The summed E-state index contributed by atoms with van der Waals surface area (Å²) in [5, 5.41) is 22.2. The topological polar surface area (TPSA) is 91.8 Å². The van der Waals surface area contributed by atoms with Crippen molar-refractivity contribution in [1.29, 1.82) is 5.26 Å². The Morgan fingerprint density at radius 2 is 2.12 bits per heavy atom. The number of aryl methyl sites for hydroxylation is 1. The average molecular weight is 322 g/mol. The Morgan fingerprint density at radius 1 is 1.33 bits per heavy atom. The number of hydrogen-bond donors (Lipinski definition) is 1. The van der Waals surface area contributed by atoms with Crippen LogP contribution in [0.5, 0.6) is 0 Å². The molecule has 2 aromatic heterocycles. The number of benzene rings is 1. The fourth-order valence-electron chi connectivity index (χ4n) is 2.27. The van der Waals surface area contributed by atoms with Gasteiger partial charge < -0.3 is 5.11 Å². The number of nitrogens with zero attached hydrogens (tertiary/aromatic N) is 4. The molecule has 0 radical (unpaired) electrons. The molecule has 3 rings (SSSR count). The van der Waals surface area contributed by atoms with Crippen LogP contribution < -0.4 is 0 Å². The Kier molecular flexibility index (Phi) is 3.80. The van der Waals surface area contributed by atoms with Crippen molar-refractivity contribution < 1.29 is 14.3 Å². The van der Waals surface area contributed by atoms with Crippen molar-refractivity contribution in [1.82, 2.24) is 14.8 Å². The molecule has 1 aromatic carbocycles. The van der Waals surface area contributed by atoms with Gasteiger partial charge in [-0.1, -0.05) is 6.07 Å². The number of carbonyl (C=O) groups is 1. The molecule has 0 saturated carbocycles. The minimum absolute atomic E-state index is 0.0218. The van der Waals surface area contributed by atoms with Crippen molar-refractivity contribution in [3.05, 3.63) is 65.4 Å². The quantitative estimate of drug-likeness (QED) is 0.800. The summed E-state index contributed by atoms with van der Waals surface area (Å²) in [6.45, 7) is 1.64. The lowest BCUT2D eigenvalue weighted by Crippen LogP contribution is -2.01. The van der Waals surface area contributed by atoms with Crippen LogP contribution in [0.3, 0.4) is 0 Å². The summed E-state index contributed by atoms with van der Waals surface area (Å²) in [6.07, 6.45) is 2.51. The van der Waals surface area contributed by atoms with E-state index in [1.54, 1.807) is 31.2 Å². The van der Waals surface area contributed by atoms with E-state index in [0.29, 0.717) is 22.5 Å². The smallest absolute Gasteiger partial charge is 0.338 e. The number of nitriles is 1. The van der Waals surface area contributed by atoms with E-state index in [0.717, 1.165) is 0 Å². The van der Waals surface area contributed by atoms with Gasteiger partial charge in [0.15, 0.2) is 11.5 Å². The van der Waals surface area contributed by atoms with E-state index >= 15 is 0 Å². The standard InChI is InChI=1S/C17H11FN4O2/c1-10-6-11(2-4-14(10)18)13-3-5-16(21-15(13)7-19)22-9-12(8-20-22)17(23)24/h2-6,8-9H,1H3,(H,23,24). The van der Waals surface area contributed by atoms with Crippen LogP contribution in [0.15, 0.2) is 42.7 Å². The van der Waals surface area contributed by atoms with Crippen LogP contribution >= 0.6 is 0 Å². The fraction of sp³-hybridized carbons (Fsp3) is 0.0588. The van der Waals surface area contributed by atoms with Gasteiger partial charge in [-0.25, -0.2) is 18.9 Å². The zero-order chi connectivity index (χ0) is 17.3. The van der Waals surface area contributed by atoms with E-state index in [4.69, 9.17) is 5.11 Å². The Bertz CT molecular complexity index is 988. The second-order valence-electron chi connectivity index (χ2n) is 5.12. The van der Waals surface area contributed by atoms with Crippen molar-refractivity contribution in [2.45, 2.75) is 6.92 Å². The van der Waals surface area contributed by atoms with Crippen LogP contribution in [-0.2, 0) is 0 Å². The number of pyridine rings is 1. The van der Waals surface area contributed by atoms with E-state index in [1.807, 2.05) is 6.07 Å². The summed E-state index contributed by atoms with van der Waals surface area (Å²) in [5.41, 5.74) is 1.88. The number of aromatic nitrogens is 3. The van der Waals surface area contributed by atoms with Gasteiger partial charge in [0.2, 0.25) is 0 Å². The van der Waals surface area contributed by atoms with Gasteiger partial charge in [-0.05, 0) is 42.3 Å². The van der Waals surface area contributed by atoms with Crippen LogP contribution in [0, 0.1) is 24.1 Å². The molecule has 0 amide bonds. The van der Waals surface area contributed by atoms with Gasteiger partial charge in [0.1, 0.15) is 11.9 Å². The molecule has 0 atom stereocenters. The summed E-state index contributed by atoms with van der Waals surface area (Å²) < 4.78 is 14.7. The molecule has 0 fully saturated rings. The highest BCUT2D eigenvalue weighted by atomic mass is 19.1. The highest BCUT2D eigenvalue weighted by Gasteiger charge is 2.12. The first kappa shape index (κ1) is 15.4. The number of aromatic carboxylic acids is 1. The van der Waals surface area contributed by atoms with E-state index < -0.39 is 5.97 Å². The molecule has 0 saturated heterocycles. The SMILES string of the molecule is Cc1cc(-c2ccc(-n3cc(C(=O)O)cn3)nc2C#N)ccc1F. The van der Waals surface area contributed by atoms with Crippen molar-refractivity contribution in [3.63, 3.8) is 0 Å². The third kappa shape index (κ3) is 2.73.